The number of nitrogens with zero attached hydrogens (tertiary/aromatic N) is 3. The van der Waals surface area contributed by atoms with Crippen LogP contribution in [-0.4, -0.2) is 27.0 Å². The van der Waals surface area contributed by atoms with E-state index in [0.29, 0.717) is 0 Å². The molecule has 0 unspecified atom stereocenters. The van der Waals surface area contributed by atoms with Gasteiger partial charge in [-0.25, -0.2) is 19.3 Å². The summed E-state index contributed by atoms with van der Waals surface area (Å²) in [5.74, 6) is -0.279. The van der Waals surface area contributed by atoms with Crippen molar-refractivity contribution in [3.8, 4) is 0 Å². The molecule has 0 saturated carbocycles. The highest BCUT2D eigenvalue weighted by Crippen LogP contribution is 2.25. The van der Waals surface area contributed by atoms with Gasteiger partial charge in [0.1, 0.15) is 10.8 Å². The second-order valence-corrected chi connectivity index (χ2v) is 4.15. The molecule has 0 amide bonds. The second-order valence-electron chi connectivity index (χ2n) is 3.17. The Balaban J connectivity index is 2.36. The molecular formula is C9H9FN6OS. The molecule has 0 saturated heterocycles. The molecule has 0 aliphatic carbocycles. The van der Waals surface area contributed by atoms with E-state index >= 15 is 0 Å². The Morgan fingerprint density at radius 2 is 2.28 bits per heavy atom. The van der Waals surface area contributed by atoms with E-state index in [0.717, 1.165) is 24.0 Å². The van der Waals surface area contributed by atoms with Gasteiger partial charge in [0.05, 0.1) is 6.20 Å². The lowest BCUT2D eigenvalue weighted by Crippen LogP contribution is -2.09. The zero-order chi connectivity index (χ0) is 13.1. The molecule has 2 heterocycles. The molecule has 2 rings (SSSR count). The van der Waals surface area contributed by atoms with Crippen LogP contribution in [0.3, 0.4) is 0 Å². The number of aromatic amines is 1. The van der Waals surface area contributed by atoms with E-state index < -0.39 is 11.4 Å². The highest BCUT2D eigenvalue weighted by Gasteiger charge is 2.10. The third-order valence-corrected chi connectivity index (χ3v) is 2.73. The predicted octanol–water partition coefficient (Wildman–Crippen LogP) is 0.474. The molecule has 0 spiro atoms. The number of H-pyrrole nitrogens is 1. The lowest BCUT2D eigenvalue weighted by atomic mass is 10.6. The van der Waals surface area contributed by atoms with Gasteiger partial charge in [0, 0.05) is 13.1 Å². The standard InChI is InChI=1S/C9H9FN6OS/c1-12-8-13-3-4(10)7(16-8)18-9-14-5(11)2-6(17)15-9/h2-3H,1H3,(H,12,13,16)(H3,11,14,15,17). The van der Waals surface area contributed by atoms with E-state index in [1.807, 2.05) is 0 Å². The molecule has 18 heavy (non-hydrogen) atoms. The summed E-state index contributed by atoms with van der Waals surface area (Å²) in [6, 6.07) is 1.14. The fourth-order valence-electron chi connectivity index (χ4n) is 1.14. The second kappa shape index (κ2) is 5.00. The van der Waals surface area contributed by atoms with Crippen LogP contribution in [0.5, 0.6) is 0 Å². The third kappa shape index (κ3) is 2.74. The molecular weight excluding hydrogens is 259 g/mol. The Morgan fingerprint density at radius 1 is 1.50 bits per heavy atom. The molecule has 2 aromatic heterocycles. The van der Waals surface area contributed by atoms with Gasteiger partial charge in [-0.3, -0.25) is 4.79 Å². The zero-order valence-electron chi connectivity index (χ0n) is 9.27. The minimum Gasteiger partial charge on any atom is -0.383 e. The molecule has 0 fully saturated rings. The number of nitrogen functional groups attached to an aromatic ring is 1. The van der Waals surface area contributed by atoms with Crippen molar-refractivity contribution in [1.29, 1.82) is 0 Å². The molecule has 0 radical (unpaired) electrons. The fraction of sp³-hybridized carbons (Fsp3) is 0.111. The first-order valence-corrected chi connectivity index (χ1v) is 5.65. The van der Waals surface area contributed by atoms with Gasteiger partial charge < -0.3 is 16.0 Å². The van der Waals surface area contributed by atoms with Crippen LogP contribution in [0, 0.1) is 5.82 Å². The van der Waals surface area contributed by atoms with Gasteiger partial charge in [0.25, 0.3) is 5.56 Å². The molecule has 9 heteroatoms. The Labute approximate surface area is 105 Å². The van der Waals surface area contributed by atoms with Gasteiger partial charge in [-0.15, -0.1) is 0 Å². The van der Waals surface area contributed by atoms with Gasteiger partial charge in [-0.1, -0.05) is 0 Å². The average molecular weight is 268 g/mol. The maximum atomic E-state index is 13.5. The van der Waals surface area contributed by atoms with Crippen LogP contribution in [-0.2, 0) is 0 Å². The molecule has 2 aromatic rings. The lowest BCUT2D eigenvalue weighted by Gasteiger charge is -2.04. The smallest absolute Gasteiger partial charge is 0.253 e. The van der Waals surface area contributed by atoms with Crippen LogP contribution in [0.4, 0.5) is 16.2 Å². The maximum absolute atomic E-state index is 13.5. The molecule has 0 atom stereocenters. The minimum atomic E-state index is -0.607. The first kappa shape index (κ1) is 12.3. The molecule has 4 N–H and O–H groups in total. The summed E-state index contributed by atoms with van der Waals surface area (Å²) in [7, 11) is 1.61. The molecule has 0 aliphatic rings. The SMILES string of the molecule is CNc1ncc(F)c(Sc2nc(N)cc(=O)[nH]2)n1. The largest absolute Gasteiger partial charge is 0.383 e. The number of anilines is 2. The molecule has 0 aromatic carbocycles. The highest BCUT2D eigenvalue weighted by atomic mass is 32.2. The van der Waals surface area contributed by atoms with Crippen LogP contribution in [0.1, 0.15) is 0 Å². The first-order chi connectivity index (χ1) is 8.58. The summed E-state index contributed by atoms with van der Waals surface area (Å²) in [6.45, 7) is 0. The average Bonchev–Trinajstić information content (AvgIpc) is 2.30. The number of rotatable bonds is 3. The van der Waals surface area contributed by atoms with Crippen molar-refractivity contribution in [3.05, 3.63) is 28.4 Å². The number of hydrogen-bond acceptors (Lipinski definition) is 7. The minimum absolute atomic E-state index is 0.0445. The maximum Gasteiger partial charge on any atom is 0.253 e. The number of hydrogen-bond donors (Lipinski definition) is 3. The van der Waals surface area contributed by atoms with Crippen LogP contribution in [0.15, 0.2) is 27.2 Å². The number of halogens is 1. The zero-order valence-corrected chi connectivity index (χ0v) is 10.1. The Morgan fingerprint density at radius 3 is 2.94 bits per heavy atom. The fourth-order valence-corrected chi connectivity index (χ4v) is 1.90. The molecule has 94 valence electrons. The Hall–Kier alpha value is -2.16. The number of nitrogens with two attached hydrogens (primary N) is 1. The third-order valence-electron chi connectivity index (χ3n) is 1.87. The van der Waals surface area contributed by atoms with Gasteiger partial charge in [0.2, 0.25) is 5.95 Å². The summed E-state index contributed by atoms with van der Waals surface area (Å²) in [6.07, 6.45) is 1.03. The summed E-state index contributed by atoms with van der Waals surface area (Å²) in [5, 5.41) is 2.89. The molecule has 7 nitrogen and oxygen atoms in total. The molecule has 0 bridgehead atoms. The normalized spacial score (nSPS) is 10.3. The van der Waals surface area contributed by atoms with Crippen molar-refractivity contribution >= 4 is 23.5 Å². The quantitative estimate of drug-likeness (QED) is 0.548. The van der Waals surface area contributed by atoms with Crippen molar-refractivity contribution in [1.82, 2.24) is 19.9 Å². The van der Waals surface area contributed by atoms with E-state index in [2.05, 4.69) is 25.3 Å². The van der Waals surface area contributed by atoms with Crippen molar-refractivity contribution in [3.63, 3.8) is 0 Å². The van der Waals surface area contributed by atoms with Crippen molar-refractivity contribution in [2.24, 2.45) is 0 Å². The summed E-state index contributed by atoms with van der Waals surface area (Å²) < 4.78 is 13.5. The van der Waals surface area contributed by atoms with Crippen LogP contribution < -0.4 is 16.6 Å². The first-order valence-electron chi connectivity index (χ1n) is 4.83. The summed E-state index contributed by atoms with van der Waals surface area (Å²) in [4.78, 5) is 25.1. The number of aromatic nitrogens is 4. The van der Waals surface area contributed by atoms with Crippen LogP contribution >= 0.6 is 11.8 Å². The van der Waals surface area contributed by atoms with Crippen molar-refractivity contribution in [2.75, 3.05) is 18.1 Å². The van der Waals surface area contributed by atoms with Crippen molar-refractivity contribution < 1.29 is 4.39 Å². The van der Waals surface area contributed by atoms with Crippen molar-refractivity contribution in [2.45, 2.75) is 10.2 Å². The van der Waals surface area contributed by atoms with Gasteiger partial charge >= 0.3 is 0 Å². The monoisotopic (exact) mass is 268 g/mol. The van der Waals surface area contributed by atoms with E-state index in [1.165, 1.54) is 0 Å². The Bertz CT molecular complexity index is 631. The van der Waals surface area contributed by atoms with Gasteiger partial charge in [-0.2, -0.15) is 0 Å². The van der Waals surface area contributed by atoms with Gasteiger partial charge in [0.15, 0.2) is 11.0 Å². The number of nitrogens with one attached hydrogen (secondary N) is 2. The van der Waals surface area contributed by atoms with E-state index in [9.17, 15) is 9.18 Å². The molecule has 0 aliphatic heterocycles. The van der Waals surface area contributed by atoms with E-state index in [1.54, 1.807) is 7.05 Å². The highest BCUT2D eigenvalue weighted by molar-refractivity contribution is 7.99. The van der Waals surface area contributed by atoms with E-state index in [-0.39, 0.29) is 21.9 Å². The Kier molecular flexibility index (Phi) is 3.42. The van der Waals surface area contributed by atoms with Crippen LogP contribution in [0.2, 0.25) is 0 Å². The van der Waals surface area contributed by atoms with E-state index in [4.69, 9.17) is 5.73 Å². The lowest BCUT2D eigenvalue weighted by molar-refractivity contribution is 0.579. The predicted molar refractivity (Wildman–Crippen MR) is 64.9 cm³/mol. The summed E-state index contributed by atoms with van der Waals surface area (Å²) >= 11 is 0.859. The summed E-state index contributed by atoms with van der Waals surface area (Å²) in [5.41, 5.74) is 5.01. The van der Waals surface area contributed by atoms with Gasteiger partial charge in [-0.05, 0) is 11.8 Å². The van der Waals surface area contributed by atoms with Crippen LogP contribution in [0.25, 0.3) is 0 Å². The topological polar surface area (TPSA) is 110 Å².